The first kappa shape index (κ1) is 17.5. The molecule has 2 aromatic rings. The molecule has 1 aromatic heterocycles. The molecule has 0 radical (unpaired) electrons. The Balaban J connectivity index is 2.13. The smallest absolute Gasteiger partial charge is 0.279 e. The molecule has 0 spiro atoms. The maximum atomic E-state index is 12.7. The number of thioether (sulfide) groups is 1. The van der Waals surface area contributed by atoms with Crippen LogP contribution in [0.15, 0.2) is 34.2 Å². The van der Waals surface area contributed by atoms with E-state index in [-0.39, 0.29) is 23.8 Å². The van der Waals surface area contributed by atoms with E-state index in [0.29, 0.717) is 22.3 Å². The summed E-state index contributed by atoms with van der Waals surface area (Å²) in [6, 6.07) is 7.48. The number of ether oxygens (including phenoxy) is 1. The summed E-state index contributed by atoms with van der Waals surface area (Å²) in [6.45, 7) is 2.07. The van der Waals surface area contributed by atoms with Gasteiger partial charge in [0.25, 0.3) is 5.56 Å². The third-order valence-corrected chi connectivity index (χ3v) is 5.47. The Morgan fingerprint density at radius 3 is 2.92 bits per heavy atom. The van der Waals surface area contributed by atoms with Crippen LogP contribution < -0.4 is 15.6 Å². The van der Waals surface area contributed by atoms with Crippen molar-refractivity contribution in [2.45, 2.75) is 30.8 Å². The van der Waals surface area contributed by atoms with Crippen molar-refractivity contribution < 1.29 is 9.53 Å². The number of anilines is 1. The van der Waals surface area contributed by atoms with E-state index in [2.05, 4.69) is 17.2 Å². The lowest BCUT2D eigenvalue weighted by atomic mass is 9.86. The minimum atomic E-state index is -0.324. The fourth-order valence-corrected chi connectivity index (χ4v) is 3.82. The number of nitrogens with zero attached hydrogens (tertiary/aromatic N) is 2. The van der Waals surface area contributed by atoms with Crippen molar-refractivity contribution in [2.24, 2.45) is 7.05 Å². The van der Waals surface area contributed by atoms with Gasteiger partial charge in [-0.1, -0.05) is 30.8 Å². The van der Waals surface area contributed by atoms with Gasteiger partial charge in [-0.05, 0) is 24.1 Å². The zero-order chi connectivity index (χ0) is 18.0. The topological polar surface area (TPSA) is 73.2 Å². The number of benzene rings is 1. The summed E-state index contributed by atoms with van der Waals surface area (Å²) in [5, 5.41) is 3.48. The van der Waals surface area contributed by atoms with Crippen molar-refractivity contribution in [3.8, 4) is 5.75 Å². The second kappa shape index (κ2) is 7.31. The lowest BCUT2D eigenvalue weighted by Gasteiger charge is -2.27. The highest BCUT2D eigenvalue weighted by Gasteiger charge is 2.32. The number of fused-ring (bicyclic) bond motifs is 1. The molecule has 1 amide bonds. The average molecular weight is 359 g/mol. The molecule has 0 aliphatic carbocycles. The number of hydrogen-bond donors (Lipinski definition) is 1. The van der Waals surface area contributed by atoms with Gasteiger partial charge in [-0.3, -0.25) is 9.59 Å². The first-order chi connectivity index (χ1) is 12.0. The zero-order valence-corrected chi connectivity index (χ0v) is 15.4. The SMILES string of the molecule is CCCSc1nc(=O)c2c(n1C)NC(=O)CC2c1cccc(OC)c1. The third-order valence-electron chi connectivity index (χ3n) is 4.23. The summed E-state index contributed by atoms with van der Waals surface area (Å²) in [5.41, 5.74) is 1.14. The molecule has 1 unspecified atom stereocenters. The van der Waals surface area contributed by atoms with Crippen LogP contribution in [-0.2, 0) is 11.8 Å². The largest absolute Gasteiger partial charge is 0.497 e. The first-order valence-electron chi connectivity index (χ1n) is 8.22. The zero-order valence-electron chi connectivity index (χ0n) is 14.5. The summed E-state index contributed by atoms with van der Waals surface area (Å²) in [5.74, 6) is 1.68. The van der Waals surface area contributed by atoms with Gasteiger partial charge in [0.05, 0.1) is 12.7 Å². The summed E-state index contributed by atoms with van der Waals surface area (Å²) in [7, 11) is 3.43. The fraction of sp³-hybridized carbons (Fsp3) is 0.389. The van der Waals surface area contributed by atoms with Crippen molar-refractivity contribution >= 4 is 23.5 Å². The molecule has 0 saturated heterocycles. The van der Waals surface area contributed by atoms with Gasteiger partial charge in [0.2, 0.25) is 5.91 Å². The molecule has 0 fully saturated rings. The third kappa shape index (κ3) is 3.42. The van der Waals surface area contributed by atoms with Crippen molar-refractivity contribution in [1.29, 1.82) is 0 Å². The van der Waals surface area contributed by atoms with Crippen molar-refractivity contribution in [2.75, 3.05) is 18.2 Å². The predicted octanol–water partition coefficient (Wildman–Crippen LogP) is 2.77. The Morgan fingerprint density at radius 2 is 2.20 bits per heavy atom. The molecule has 2 heterocycles. The minimum absolute atomic E-state index is 0.104. The maximum Gasteiger partial charge on any atom is 0.279 e. The Bertz CT molecular complexity index is 863. The normalized spacial score (nSPS) is 16.3. The molecular weight excluding hydrogens is 338 g/mol. The van der Waals surface area contributed by atoms with Gasteiger partial charge >= 0.3 is 0 Å². The van der Waals surface area contributed by atoms with Crippen molar-refractivity contribution in [3.05, 3.63) is 45.7 Å². The van der Waals surface area contributed by atoms with Gasteiger partial charge in [0.1, 0.15) is 11.6 Å². The second-order valence-electron chi connectivity index (χ2n) is 5.95. The summed E-state index contributed by atoms with van der Waals surface area (Å²) in [4.78, 5) is 29.2. The monoisotopic (exact) mass is 359 g/mol. The Kier molecular flexibility index (Phi) is 5.13. The Hall–Kier alpha value is -2.28. The van der Waals surface area contributed by atoms with Gasteiger partial charge in [0, 0.05) is 25.1 Å². The van der Waals surface area contributed by atoms with Crippen LogP contribution in [0.3, 0.4) is 0 Å². The predicted molar refractivity (Wildman–Crippen MR) is 98.6 cm³/mol. The Morgan fingerprint density at radius 1 is 1.40 bits per heavy atom. The van der Waals surface area contributed by atoms with Gasteiger partial charge < -0.3 is 14.6 Å². The van der Waals surface area contributed by atoms with Crippen molar-refractivity contribution in [3.63, 3.8) is 0 Å². The molecule has 1 atom stereocenters. The number of carbonyl (C=O) groups excluding carboxylic acids is 1. The van der Waals surface area contributed by atoms with Crippen LogP contribution in [0.4, 0.5) is 5.82 Å². The van der Waals surface area contributed by atoms with Crippen LogP contribution in [0.25, 0.3) is 0 Å². The fourth-order valence-electron chi connectivity index (χ4n) is 3.00. The molecule has 1 aliphatic rings. The number of amides is 1. The summed E-state index contributed by atoms with van der Waals surface area (Å²) in [6.07, 6.45) is 1.20. The van der Waals surface area contributed by atoms with E-state index >= 15 is 0 Å². The molecule has 1 aliphatic heterocycles. The number of carbonyl (C=O) groups is 1. The average Bonchev–Trinajstić information content (AvgIpc) is 2.62. The van der Waals surface area contributed by atoms with E-state index in [0.717, 1.165) is 17.7 Å². The lowest BCUT2D eigenvalue weighted by molar-refractivity contribution is -0.116. The first-order valence-corrected chi connectivity index (χ1v) is 9.21. The minimum Gasteiger partial charge on any atom is -0.497 e. The van der Waals surface area contributed by atoms with E-state index in [9.17, 15) is 9.59 Å². The Labute approximate surface area is 150 Å². The number of nitrogens with one attached hydrogen (secondary N) is 1. The van der Waals surface area contributed by atoms with Gasteiger partial charge in [-0.25, -0.2) is 0 Å². The van der Waals surface area contributed by atoms with E-state index in [1.165, 1.54) is 11.8 Å². The number of hydrogen-bond acceptors (Lipinski definition) is 5. The molecule has 6 nitrogen and oxygen atoms in total. The van der Waals surface area contributed by atoms with Gasteiger partial charge in [-0.2, -0.15) is 4.98 Å². The molecule has 1 N–H and O–H groups in total. The van der Waals surface area contributed by atoms with E-state index in [1.807, 2.05) is 31.3 Å². The van der Waals surface area contributed by atoms with Crippen LogP contribution >= 0.6 is 11.8 Å². The quantitative estimate of drug-likeness (QED) is 0.656. The van der Waals surface area contributed by atoms with E-state index in [4.69, 9.17) is 4.74 Å². The highest BCUT2D eigenvalue weighted by Crippen LogP contribution is 2.36. The maximum absolute atomic E-state index is 12.7. The van der Waals surface area contributed by atoms with Crippen LogP contribution in [0.1, 0.15) is 36.8 Å². The molecule has 3 rings (SSSR count). The molecule has 132 valence electrons. The number of aromatic nitrogens is 2. The molecule has 0 bridgehead atoms. The van der Waals surface area contributed by atoms with Gasteiger partial charge in [-0.15, -0.1) is 0 Å². The number of methoxy groups -OCH3 is 1. The molecule has 0 saturated carbocycles. The highest BCUT2D eigenvalue weighted by atomic mass is 32.2. The van der Waals surface area contributed by atoms with Crippen LogP contribution in [0.2, 0.25) is 0 Å². The van der Waals surface area contributed by atoms with Crippen LogP contribution in [0, 0.1) is 0 Å². The molecule has 1 aromatic carbocycles. The summed E-state index contributed by atoms with van der Waals surface area (Å²) >= 11 is 1.52. The standard InChI is InChI=1S/C18H21N3O3S/c1-4-8-25-18-20-17(23)15-13(10-14(22)19-16(15)21(18)2)11-6-5-7-12(9-11)24-3/h5-7,9,13H,4,8,10H2,1-3H3,(H,19,22). The second-order valence-corrected chi connectivity index (χ2v) is 7.01. The molecule has 25 heavy (non-hydrogen) atoms. The van der Waals surface area contributed by atoms with Crippen LogP contribution in [-0.4, -0.2) is 28.3 Å². The van der Waals surface area contributed by atoms with E-state index < -0.39 is 0 Å². The summed E-state index contributed by atoms with van der Waals surface area (Å²) < 4.78 is 7.08. The highest BCUT2D eigenvalue weighted by molar-refractivity contribution is 7.99. The van der Waals surface area contributed by atoms with E-state index in [1.54, 1.807) is 11.7 Å². The number of rotatable bonds is 5. The lowest BCUT2D eigenvalue weighted by Crippen LogP contribution is -2.33. The molecular formula is C18H21N3O3S. The van der Waals surface area contributed by atoms with Crippen molar-refractivity contribution in [1.82, 2.24) is 9.55 Å². The van der Waals surface area contributed by atoms with Gasteiger partial charge in [0.15, 0.2) is 5.16 Å². The van der Waals surface area contributed by atoms with Crippen LogP contribution in [0.5, 0.6) is 5.75 Å². The molecule has 7 heteroatoms.